The molecule has 2 rings (SSSR count). The van der Waals surface area contributed by atoms with E-state index in [1.807, 2.05) is 6.92 Å². The first-order valence-electron chi connectivity index (χ1n) is 5.63. The molecule has 2 aromatic rings. The monoisotopic (exact) mass is 242 g/mol. The number of aryl methyl sites for hydroxylation is 1. The Hall–Kier alpha value is -2.13. The van der Waals surface area contributed by atoms with Gasteiger partial charge in [-0.05, 0) is 18.1 Å². The number of carbonyl (C=O) groups is 1. The minimum atomic E-state index is -2.01. The predicted molar refractivity (Wildman–Crippen MR) is 68.3 cm³/mol. The Morgan fingerprint density at radius 1 is 0.944 bits per heavy atom. The van der Waals surface area contributed by atoms with E-state index >= 15 is 0 Å². The van der Waals surface area contributed by atoms with Crippen LogP contribution in [-0.2, 0) is 10.4 Å². The van der Waals surface area contributed by atoms with Crippen LogP contribution in [0.25, 0.3) is 0 Å². The van der Waals surface area contributed by atoms with Gasteiger partial charge in [0.1, 0.15) is 0 Å². The van der Waals surface area contributed by atoms with Crippen LogP contribution in [0.3, 0.4) is 0 Å². The molecule has 0 saturated carbocycles. The van der Waals surface area contributed by atoms with Crippen molar-refractivity contribution in [1.82, 2.24) is 0 Å². The van der Waals surface area contributed by atoms with Crippen LogP contribution in [-0.4, -0.2) is 16.2 Å². The largest absolute Gasteiger partial charge is 0.479 e. The lowest BCUT2D eigenvalue weighted by Gasteiger charge is -2.24. The zero-order valence-corrected chi connectivity index (χ0v) is 10.00. The van der Waals surface area contributed by atoms with Crippen molar-refractivity contribution in [3.8, 4) is 0 Å². The number of hydrogen-bond acceptors (Lipinski definition) is 2. The molecule has 18 heavy (non-hydrogen) atoms. The fourth-order valence-corrected chi connectivity index (χ4v) is 1.89. The maximum atomic E-state index is 11.5. The summed E-state index contributed by atoms with van der Waals surface area (Å²) >= 11 is 0. The number of hydrogen-bond donors (Lipinski definition) is 2. The second-order valence-electron chi connectivity index (χ2n) is 4.25. The van der Waals surface area contributed by atoms with E-state index in [1.165, 1.54) is 0 Å². The fraction of sp³-hybridized carbons (Fsp3) is 0.133. The standard InChI is InChI=1S/C15H14O3/c1-11-7-9-13(10-8-11)15(18,14(16)17)12-5-3-2-4-6-12/h2-10,18H,1H3,(H,16,17). The molecule has 2 N–H and O–H groups in total. The molecule has 0 aliphatic heterocycles. The van der Waals surface area contributed by atoms with Crippen LogP contribution in [0.5, 0.6) is 0 Å². The second kappa shape index (κ2) is 4.63. The van der Waals surface area contributed by atoms with Crippen molar-refractivity contribution in [1.29, 1.82) is 0 Å². The Kier molecular flexibility index (Phi) is 3.17. The van der Waals surface area contributed by atoms with Gasteiger partial charge in [-0.2, -0.15) is 0 Å². The molecule has 2 aromatic carbocycles. The molecule has 0 fully saturated rings. The molecular weight excluding hydrogens is 228 g/mol. The third kappa shape index (κ3) is 2.00. The van der Waals surface area contributed by atoms with Crippen LogP contribution in [0.15, 0.2) is 54.6 Å². The van der Waals surface area contributed by atoms with Gasteiger partial charge in [0.25, 0.3) is 0 Å². The summed E-state index contributed by atoms with van der Waals surface area (Å²) in [5.41, 5.74) is -0.290. The normalized spacial score (nSPS) is 13.9. The van der Waals surface area contributed by atoms with Crippen molar-refractivity contribution in [2.24, 2.45) is 0 Å². The highest BCUT2D eigenvalue weighted by molar-refractivity contribution is 5.83. The minimum absolute atomic E-state index is 0.348. The van der Waals surface area contributed by atoms with Crippen molar-refractivity contribution >= 4 is 5.97 Å². The highest BCUT2D eigenvalue weighted by atomic mass is 16.4. The first-order valence-corrected chi connectivity index (χ1v) is 5.63. The molecular formula is C15H14O3. The Balaban J connectivity index is 2.58. The number of aliphatic hydroxyl groups is 1. The molecule has 0 aliphatic rings. The first-order chi connectivity index (χ1) is 8.55. The lowest BCUT2D eigenvalue weighted by atomic mass is 9.86. The number of carboxylic acids is 1. The quantitative estimate of drug-likeness (QED) is 0.868. The van der Waals surface area contributed by atoms with Gasteiger partial charge in [-0.1, -0.05) is 60.2 Å². The van der Waals surface area contributed by atoms with Crippen LogP contribution in [0.1, 0.15) is 16.7 Å². The zero-order valence-electron chi connectivity index (χ0n) is 10.00. The van der Waals surface area contributed by atoms with Crippen molar-refractivity contribution in [2.75, 3.05) is 0 Å². The molecule has 1 unspecified atom stereocenters. The lowest BCUT2D eigenvalue weighted by Crippen LogP contribution is -2.36. The summed E-state index contributed by atoms with van der Waals surface area (Å²) in [4.78, 5) is 11.5. The van der Waals surface area contributed by atoms with E-state index < -0.39 is 11.6 Å². The molecule has 3 nitrogen and oxygen atoms in total. The van der Waals surface area contributed by atoms with Crippen LogP contribution in [0.4, 0.5) is 0 Å². The lowest BCUT2D eigenvalue weighted by molar-refractivity contribution is -0.155. The Labute approximate surface area is 105 Å². The van der Waals surface area contributed by atoms with Gasteiger partial charge in [-0.15, -0.1) is 0 Å². The summed E-state index contributed by atoms with van der Waals surface area (Å²) in [5, 5.41) is 19.9. The van der Waals surface area contributed by atoms with Crippen LogP contribution in [0, 0.1) is 6.92 Å². The minimum Gasteiger partial charge on any atom is -0.479 e. The maximum absolute atomic E-state index is 11.5. The van der Waals surface area contributed by atoms with E-state index in [9.17, 15) is 15.0 Å². The van der Waals surface area contributed by atoms with Crippen LogP contribution >= 0.6 is 0 Å². The smallest absolute Gasteiger partial charge is 0.345 e. The van der Waals surface area contributed by atoms with E-state index in [-0.39, 0.29) is 0 Å². The third-order valence-corrected chi connectivity index (χ3v) is 2.97. The van der Waals surface area contributed by atoms with Crippen LogP contribution < -0.4 is 0 Å². The van der Waals surface area contributed by atoms with Gasteiger partial charge in [0.2, 0.25) is 5.60 Å². The Morgan fingerprint density at radius 3 is 1.94 bits per heavy atom. The molecule has 0 spiro atoms. The first kappa shape index (κ1) is 12.3. The molecule has 0 amide bonds. The summed E-state index contributed by atoms with van der Waals surface area (Å²) in [6, 6.07) is 15.2. The number of benzene rings is 2. The molecule has 0 radical (unpaired) electrons. The average Bonchev–Trinajstić information content (AvgIpc) is 2.39. The molecule has 0 aliphatic carbocycles. The fourth-order valence-electron chi connectivity index (χ4n) is 1.89. The summed E-state index contributed by atoms with van der Waals surface area (Å²) in [6.45, 7) is 1.91. The van der Waals surface area contributed by atoms with Crippen molar-refractivity contribution in [3.05, 3.63) is 71.3 Å². The SMILES string of the molecule is Cc1ccc(C(O)(C(=O)O)c2ccccc2)cc1. The van der Waals surface area contributed by atoms with Gasteiger partial charge in [-0.25, -0.2) is 4.79 Å². The summed E-state index contributed by atoms with van der Waals surface area (Å²) in [6.07, 6.45) is 0. The molecule has 0 aromatic heterocycles. The second-order valence-corrected chi connectivity index (χ2v) is 4.25. The van der Waals surface area contributed by atoms with Gasteiger partial charge in [-0.3, -0.25) is 0 Å². The van der Waals surface area contributed by atoms with Gasteiger partial charge in [0, 0.05) is 0 Å². The molecule has 3 heteroatoms. The molecule has 92 valence electrons. The van der Waals surface area contributed by atoms with Crippen LogP contribution in [0.2, 0.25) is 0 Å². The van der Waals surface area contributed by atoms with E-state index in [2.05, 4.69) is 0 Å². The Bertz CT molecular complexity index is 546. The number of rotatable bonds is 3. The highest BCUT2D eigenvalue weighted by Gasteiger charge is 2.39. The molecule has 0 saturated heterocycles. The zero-order chi connectivity index (χ0) is 13.2. The molecule has 0 bridgehead atoms. The van der Waals surface area contributed by atoms with Crippen molar-refractivity contribution < 1.29 is 15.0 Å². The van der Waals surface area contributed by atoms with Gasteiger partial charge >= 0.3 is 5.97 Å². The van der Waals surface area contributed by atoms with Gasteiger partial charge in [0.15, 0.2) is 0 Å². The molecule has 0 heterocycles. The Morgan fingerprint density at radius 2 is 1.44 bits per heavy atom. The van der Waals surface area contributed by atoms with Crippen molar-refractivity contribution in [3.63, 3.8) is 0 Å². The van der Waals surface area contributed by atoms with E-state index in [1.54, 1.807) is 54.6 Å². The number of carboxylic acid groups (broad SMARTS) is 1. The average molecular weight is 242 g/mol. The summed E-state index contributed by atoms with van der Waals surface area (Å²) in [5.74, 6) is -1.28. The van der Waals surface area contributed by atoms with Gasteiger partial charge < -0.3 is 10.2 Å². The maximum Gasteiger partial charge on any atom is 0.345 e. The number of aliphatic carboxylic acids is 1. The topological polar surface area (TPSA) is 57.5 Å². The summed E-state index contributed by atoms with van der Waals surface area (Å²) in [7, 11) is 0. The molecule has 1 atom stereocenters. The summed E-state index contributed by atoms with van der Waals surface area (Å²) < 4.78 is 0. The van der Waals surface area contributed by atoms with Gasteiger partial charge in [0.05, 0.1) is 0 Å². The van der Waals surface area contributed by atoms with E-state index in [0.717, 1.165) is 5.56 Å². The van der Waals surface area contributed by atoms with E-state index in [0.29, 0.717) is 11.1 Å². The third-order valence-electron chi connectivity index (χ3n) is 2.97. The predicted octanol–water partition coefficient (Wildman–Crippen LogP) is 2.32. The van der Waals surface area contributed by atoms with Crippen molar-refractivity contribution in [2.45, 2.75) is 12.5 Å². The highest BCUT2D eigenvalue weighted by Crippen LogP contribution is 2.30. The van der Waals surface area contributed by atoms with E-state index in [4.69, 9.17) is 0 Å².